The van der Waals surface area contributed by atoms with Crippen LogP contribution in [0.5, 0.6) is 0 Å². The Hall–Kier alpha value is -0.440. The third-order valence-electron chi connectivity index (χ3n) is 1.82. The Balaban J connectivity index is 3.13. The SMILES string of the molecule is C=C(C)C(=O)OCCCCCCSC. The topological polar surface area (TPSA) is 26.3 Å². The molecule has 0 aliphatic rings. The summed E-state index contributed by atoms with van der Waals surface area (Å²) >= 11 is 1.88. The Kier molecular flexibility index (Phi) is 8.84. The number of hydrogen-bond donors (Lipinski definition) is 0. The summed E-state index contributed by atoms with van der Waals surface area (Å²) in [5.74, 6) is 0.958. The van der Waals surface area contributed by atoms with Crippen molar-refractivity contribution in [1.29, 1.82) is 0 Å². The third kappa shape index (κ3) is 8.17. The van der Waals surface area contributed by atoms with E-state index in [9.17, 15) is 4.79 Å². The molecule has 0 amide bonds. The van der Waals surface area contributed by atoms with E-state index in [4.69, 9.17) is 4.74 Å². The van der Waals surface area contributed by atoms with Crippen molar-refractivity contribution in [2.24, 2.45) is 0 Å². The van der Waals surface area contributed by atoms with Crippen molar-refractivity contribution in [1.82, 2.24) is 0 Å². The van der Waals surface area contributed by atoms with Gasteiger partial charge in [-0.15, -0.1) is 0 Å². The van der Waals surface area contributed by atoms with Crippen molar-refractivity contribution >= 4 is 17.7 Å². The largest absolute Gasteiger partial charge is 0.462 e. The highest BCUT2D eigenvalue weighted by molar-refractivity contribution is 7.98. The molecule has 0 N–H and O–H groups in total. The van der Waals surface area contributed by atoms with Gasteiger partial charge in [0.15, 0.2) is 0 Å². The molecule has 2 nitrogen and oxygen atoms in total. The molecule has 0 aromatic heterocycles. The lowest BCUT2D eigenvalue weighted by atomic mass is 10.2. The molecular weight excluding hydrogens is 196 g/mol. The number of rotatable bonds is 8. The zero-order chi connectivity index (χ0) is 10.8. The molecule has 0 aromatic carbocycles. The molecule has 0 bridgehead atoms. The van der Waals surface area contributed by atoms with E-state index in [0.29, 0.717) is 12.2 Å². The first-order valence-corrected chi connectivity index (χ1v) is 6.39. The van der Waals surface area contributed by atoms with Gasteiger partial charge in [-0.25, -0.2) is 4.79 Å². The fourth-order valence-electron chi connectivity index (χ4n) is 0.990. The van der Waals surface area contributed by atoms with Gasteiger partial charge in [0.05, 0.1) is 6.61 Å². The van der Waals surface area contributed by atoms with Crippen LogP contribution in [-0.4, -0.2) is 24.6 Å². The van der Waals surface area contributed by atoms with Crippen LogP contribution < -0.4 is 0 Å². The van der Waals surface area contributed by atoms with Gasteiger partial charge in [-0.1, -0.05) is 19.4 Å². The Morgan fingerprint density at radius 2 is 1.93 bits per heavy atom. The molecule has 0 atom stereocenters. The fraction of sp³-hybridized carbons (Fsp3) is 0.727. The summed E-state index contributed by atoms with van der Waals surface area (Å²) in [4.78, 5) is 11.0. The average Bonchev–Trinajstić information content (AvgIpc) is 2.16. The molecule has 3 heteroatoms. The second-order valence-corrected chi connectivity index (χ2v) is 4.31. The molecular formula is C11H20O2S. The molecule has 0 fully saturated rings. The highest BCUT2D eigenvalue weighted by atomic mass is 32.2. The van der Waals surface area contributed by atoms with Crippen LogP contribution in [0.15, 0.2) is 12.2 Å². The molecule has 0 heterocycles. The summed E-state index contributed by atoms with van der Waals surface area (Å²) in [6.45, 7) is 5.72. The molecule has 0 aliphatic carbocycles. The smallest absolute Gasteiger partial charge is 0.333 e. The maximum Gasteiger partial charge on any atom is 0.333 e. The Labute approximate surface area is 91.1 Å². The normalized spacial score (nSPS) is 9.86. The van der Waals surface area contributed by atoms with Gasteiger partial charge >= 0.3 is 5.97 Å². The van der Waals surface area contributed by atoms with Gasteiger partial charge in [-0.3, -0.25) is 0 Å². The van der Waals surface area contributed by atoms with Crippen LogP contribution >= 0.6 is 11.8 Å². The molecule has 0 saturated heterocycles. The van der Waals surface area contributed by atoms with Crippen LogP contribution in [0.4, 0.5) is 0 Å². The molecule has 0 rings (SSSR count). The van der Waals surface area contributed by atoms with Gasteiger partial charge < -0.3 is 4.74 Å². The second-order valence-electron chi connectivity index (χ2n) is 3.32. The summed E-state index contributed by atoms with van der Waals surface area (Å²) < 4.78 is 4.97. The first-order chi connectivity index (χ1) is 6.68. The molecule has 0 unspecified atom stereocenters. The number of ether oxygens (including phenoxy) is 1. The molecule has 0 aliphatic heterocycles. The highest BCUT2D eigenvalue weighted by Gasteiger charge is 2.01. The van der Waals surface area contributed by atoms with Crippen molar-refractivity contribution < 1.29 is 9.53 Å². The van der Waals surface area contributed by atoms with E-state index in [2.05, 4.69) is 12.8 Å². The lowest BCUT2D eigenvalue weighted by Crippen LogP contribution is -2.06. The number of hydrogen-bond acceptors (Lipinski definition) is 3. The van der Waals surface area contributed by atoms with E-state index in [0.717, 1.165) is 12.8 Å². The maximum absolute atomic E-state index is 11.0. The summed E-state index contributed by atoms with van der Waals surface area (Å²) in [7, 11) is 0. The number of carbonyl (C=O) groups is 1. The van der Waals surface area contributed by atoms with E-state index < -0.39 is 0 Å². The van der Waals surface area contributed by atoms with Crippen molar-refractivity contribution in [3.63, 3.8) is 0 Å². The van der Waals surface area contributed by atoms with Crippen molar-refractivity contribution in [2.45, 2.75) is 32.6 Å². The van der Waals surface area contributed by atoms with Crippen LogP contribution in [0.25, 0.3) is 0 Å². The standard InChI is InChI=1S/C11H20O2S/c1-10(2)11(12)13-8-6-4-5-7-9-14-3/h1,4-9H2,2-3H3. The van der Waals surface area contributed by atoms with Gasteiger partial charge in [-0.05, 0) is 31.8 Å². The van der Waals surface area contributed by atoms with E-state index in [1.807, 2.05) is 11.8 Å². The predicted molar refractivity (Wildman–Crippen MR) is 62.6 cm³/mol. The molecule has 0 radical (unpaired) electrons. The predicted octanol–water partition coefficient (Wildman–Crippen LogP) is 3.03. The summed E-state index contributed by atoms with van der Waals surface area (Å²) in [5.41, 5.74) is 0.479. The van der Waals surface area contributed by atoms with Gasteiger partial charge in [0.2, 0.25) is 0 Å². The molecule has 82 valence electrons. The monoisotopic (exact) mass is 216 g/mol. The van der Waals surface area contributed by atoms with Crippen LogP contribution in [0.2, 0.25) is 0 Å². The van der Waals surface area contributed by atoms with Crippen LogP contribution in [-0.2, 0) is 9.53 Å². The number of unbranched alkanes of at least 4 members (excludes halogenated alkanes) is 3. The van der Waals surface area contributed by atoms with Crippen molar-refractivity contribution in [2.75, 3.05) is 18.6 Å². The van der Waals surface area contributed by atoms with Gasteiger partial charge in [-0.2, -0.15) is 11.8 Å². The first kappa shape index (κ1) is 13.6. The summed E-state index contributed by atoms with van der Waals surface area (Å²) in [6.07, 6.45) is 6.72. The van der Waals surface area contributed by atoms with Gasteiger partial charge in [0.1, 0.15) is 0 Å². The van der Waals surface area contributed by atoms with E-state index >= 15 is 0 Å². The number of thioether (sulfide) groups is 1. The third-order valence-corrected chi connectivity index (χ3v) is 2.52. The van der Waals surface area contributed by atoms with Crippen molar-refractivity contribution in [3.8, 4) is 0 Å². The Morgan fingerprint density at radius 1 is 1.29 bits per heavy atom. The van der Waals surface area contributed by atoms with Crippen molar-refractivity contribution in [3.05, 3.63) is 12.2 Å². The minimum absolute atomic E-state index is 0.269. The van der Waals surface area contributed by atoms with E-state index in [-0.39, 0.29) is 5.97 Å². The lowest BCUT2D eigenvalue weighted by Gasteiger charge is -2.03. The first-order valence-electron chi connectivity index (χ1n) is 5.00. The van der Waals surface area contributed by atoms with Gasteiger partial charge in [0.25, 0.3) is 0 Å². The quantitative estimate of drug-likeness (QED) is 0.354. The fourth-order valence-corrected chi connectivity index (χ4v) is 1.48. The van der Waals surface area contributed by atoms with E-state index in [1.54, 1.807) is 6.92 Å². The summed E-state index contributed by atoms with van der Waals surface area (Å²) in [5, 5.41) is 0. The van der Waals surface area contributed by atoms with E-state index in [1.165, 1.54) is 18.6 Å². The molecule has 0 spiro atoms. The highest BCUT2D eigenvalue weighted by Crippen LogP contribution is 2.05. The van der Waals surface area contributed by atoms with Crippen LogP contribution in [0.3, 0.4) is 0 Å². The lowest BCUT2D eigenvalue weighted by molar-refractivity contribution is -0.139. The average molecular weight is 216 g/mol. The number of carbonyl (C=O) groups excluding carboxylic acids is 1. The minimum atomic E-state index is -0.269. The van der Waals surface area contributed by atoms with Crippen LogP contribution in [0, 0.1) is 0 Å². The second kappa shape index (κ2) is 9.13. The Bertz CT molecular complexity index is 178. The van der Waals surface area contributed by atoms with Crippen LogP contribution in [0.1, 0.15) is 32.6 Å². The minimum Gasteiger partial charge on any atom is -0.462 e. The zero-order valence-electron chi connectivity index (χ0n) is 9.17. The summed E-state index contributed by atoms with van der Waals surface area (Å²) in [6, 6.07) is 0. The van der Waals surface area contributed by atoms with Gasteiger partial charge in [0, 0.05) is 5.57 Å². The zero-order valence-corrected chi connectivity index (χ0v) is 9.99. The molecule has 0 saturated carbocycles. The number of esters is 1. The molecule has 14 heavy (non-hydrogen) atoms. The Morgan fingerprint density at radius 3 is 2.50 bits per heavy atom. The maximum atomic E-state index is 11.0. The molecule has 0 aromatic rings.